The average Bonchev–Trinajstić information content (AvgIpc) is 3.16. The third-order valence-corrected chi connectivity index (χ3v) is 13.1. The fourth-order valence-electron chi connectivity index (χ4n) is 9.39. The molecule has 17 atom stereocenters. The predicted molar refractivity (Wildman–Crippen MR) is 218 cm³/mol. The summed E-state index contributed by atoms with van der Waals surface area (Å²) in [5.41, 5.74) is -3.61. The van der Waals surface area contributed by atoms with E-state index in [4.69, 9.17) is 23.7 Å². The Morgan fingerprint density at radius 2 is 1.51 bits per heavy atom. The number of hydrogen-bond acceptors (Lipinski definition) is 13. The van der Waals surface area contributed by atoms with E-state index >= 15 is 0 Å². The summed E-state index contributed by atoms with van der Waals surface area (Å²) in [4.78, 5) is 41.4. The molecule has 0 saturated carbocycles. The highest BCUT2D eigenvalue weighted by molar-refractivity contribution is 5.83. The van der Waals surface area contributed by atoms with Crippen molar-refractivity contribution >= 4 is 17.7 Å². The maximum atomic E-state index is 14.5. The van der Waals surface area contributed by atoms with Crippen LogP contribution in [0.3, 0.4) is 0 Å². The van der Waals surface area contributed by atoms with E-state index in [-0.39, 0.29) is 50.2 Å². The fraction of sp³-hybridized carbons (Fsp3) is 0.800. The number of carbonyl (C=O) groups excluding carboxylic acids is 3. The summed E-state index contributed by atoms with van der Waals surface area (Å²) < 4.78 is 31.6. The smallest absolute Gasteiger partial charge is 0.311 e. The van der Waals surface area contributed by atoms with E-state index in [0.717, 1.165) is 5.56 Å². The van der Waals surface area contributed by atoms with Crippen LogP contribution in [0.25, 0.3) is 0 Å². The topological polar surface area (TPSA) is 211 Å². The van der Waals surface area contributed by atoms with Gasteiger partial charge in [0.25, 0.3) is 0 Å². The van der Waals surface area contributed by atoms with E-state index in [9.17, 15) is 39.9 Å². The Morgan fingerprint density at radius 1 is 0.864 bits per heavy atom. The molecule has 0 bridgehead atoms. The van der Waals surface area contributed by atoms with Gasteiger partial charge in [-0.3, -0.25) is 14.4 Å². The van der Waals surface area contributed by atoms with Crippen LogP contribution < -0.4 is 5.32 Å². The van der Waals surface area contributed by atoms with Crippen LogP contribution in [0.1, 0.15) is 114 Å². The molecule has 1 aromatic rings. The molecule has 3 heterocycles. The number of aliphatic hydroxyl groups is 5. The Kier molecular flexibility index (Phi) is 16.7. The molecular formula is C45H73NO13. The summed E-state index contributed by atoms with van der Waals surface area (Å²) in [6, 6.07) is 9.54. The molecular weight excluding hydrogens is 762 g/mol. The monoisotopic (exact) mass is 836 g/mol. The van der Waals surface area contributed by atoms with Gasteiger partial charge in [-0.2, -0.15) is 0 Å². The Balaban J connectivity index is 1.73. The van der Waals surface area contributed by atoms with Crippen molar-refractivity contribution in [2.45, 2.75) is 187 Å². The maximum absolute atomic E-state index is 14.5. The van der Waals surface area contributed by atoms with Crippen molar-refractivity contribution in [3.63, 3.8) is 0 Å². The molecule has 0 aliphatic carbocycles. The number of carbonyl (C=O) groups is 3. The number of amides is 1. The van der Waals surface area contributed by atoms with Crippen LogP contribution in [-0.2, 0) is 44.5 Å². The van der Waals surface area contributed by atoms with Gasteiger partial charge in [0.05, 0.1) is 48.1 Å². The zero-order valence-electron chi connectivity index (χ0n) is 37.0. The van der Waals surface area contributed by atoms with E-state index in [1.165, 1.54) is 20.8 Å². The van der Waals surface area contributed by atoms with Crippen LogP contribution in [-0.4, -0.2) is 122 Å². The van der Waals surface area contributed by atoms with Gasteiger partial charge in [0, 0.05) is 43.6 Å². The molecule has 14 nitrogen and oxygen atoms in total. The summed E-state index contributed by atoms with van der Waals surface area (Å²) in [5, 5.41) is 61.1. The lowest BCUT2D eigenvalue weighted by Crippen LogP contribution is -2.59. The molecule has 59 heavy (non-hydrogen) atoms. The number of rotatable bonds is 10. The first-order chi connectivity index (χ1) is 27.4. The molecule has 0 spiro atoms. The Bertz CT molecular complexity index is 1540. The maximum Gasteiger partial charge on any atom is 0.311 e. The fourth-order valence-corrected chi connectivity index (χ4v) is 9.39. The summed E-state index contributed by atoms with van der Waals surface area (Å²) >= 11 is 0. The number of cyclic esters (lactones) is 1. The Morgan fingerprint density at radius 3 is 2.14 bits per heavy atom. The molecule has 0 aromatic heterocycles. The van der Waals surface area contributed by atoms with Gasteiger partial charge in [0.1, 0.15) is 23.6 Å². The zero-order valence-corrected chi connectivity index (χ0v) is 37.0. The van der Waals surface area contributed by atoms with E-state index < -0.39 is 107 Å². The van der Waals surface area contributed by atoms with Crippen LogP contribution in [0.5, 0.6) is 0 Å². The normalized spacial score (nSPS) is 42.7. The number of aryl methyl sites for hydroxylation is 1. The summed E-state index contributed by atoms with van der Waals surface area (Å²) in [6.07, 6.45) is -8.96. The second-order valence-electron chi connectivity index (χ2n) is 19.1. The zero-order chi connectivity index (χ0) is 44.2. The molecule has 3 saturated heterocycles. The lowest BCUT2D eigenvalue weighted by atomic mass is 9.74. The molecule has 3 aliphatic heterocycles. The number of nitrogens with one attached hydrogen (secondary N) is 1. The molecule has 1 amide bonds. The molecule has 0 radical (unpaired) electrons. The SMILES string of the molecule is CC1CC(C)C(O)C(O[C@@H]2[C@@H](C)[C@H](OC3CC(C)(C)C(O)C(C)O3)[C@@H](C)C(=O)O[C@H](CCNC(=O)CCc3ccccc3)[C@@](C)(O)[C@H](O)[C@@H](C)C(=O)[C@H](C)C[C@@]2(C)O)O1. The molecule has 3 fully saturated rings. The minimum atomic E-state index is -2.16. The highest BCUT2D eigenvalue weighted by atomic mass is 16.7. The number of benzene rings is 1. The Labute approximate surface area is 350 Å². The number of ether oxygens (including phenoxy) is 5. The van der Waals surface area contributed by atoms with Crippen LogP contribution in [0.2, 0.25) is 0 Å². The van der Waals surface area contributed by atoms with Crippen molar-refractivity contribution in [1.82, 2.24) is 5.32 Å². The number of ketones is 1. The molecule has 4 rings (SSSR count). The van der Waals surface area contributed by atoms with Crippen molar-refractivity contribution in [2.24, 2.45) is 35.0 Å². The first kappa shape index (κ1) is 49.1. The number of esters is 1. The van der Waals surface area contributed by atoms with Crippen molar-refractivity contribution in [2.75, 3.05) is 6.54 Å². The van der Waals surface area contributed by atoms with Crippen molar-refractivity contribution in [3.05, 3.63) is 35.9 Å². The predicted octanol–water partition coefficient (Wildman–Crippen LogP) is 3.84. The number of aliphatic hydroxyl groups excluding tert-OH is 3. The van der Waals surface area contributed by atoms with Gasteiger partial charge in [-0.05, 0) is 70.8 Å². The van der Waals surface area contributed by atoms with Crippen LogP contribution in [0.15, 0.2) is 30.3 Å². The summed E-state index contributed by atoms with van der Waals surface area (Å²) in [6.45, 7) is 18.5. The van der Waals surface area contributed by atoms with Crippen molar-refractivity contribution < 1.29 is 63.6 Å². The lowest BCUT2D eigenvalue weighted by molar-refractivity contribution is -0.312. The van der Waals surface area contributed by atoms with Crippen molar-refractivity contribution in [3.8, 4) is 0 Å². The van der Waals surface area contributed by atoms with Crippen LogP contribution in [0.4, 0.5) is 0 Å². The molecule has 336 valence electrons. The number of Topliss-reactive ketones (excluding diaryl/α,β-unsaturated/α-hetero) is 1. The second kappa shape index (κ2) is 20.1. The lowest BCUT2D eigenvalue weighted by Gasteiger charge is -2.48. The van der Waals surface area contributed by atoms with Gasteiger partial charge < -0.3 is 54.5 Å². The minimum absolute atomic E-state index is 0.0115. The largest absolute Gasteiger partial charge is 0.459 e. The highest BCUT2D eigenvalue weighted by Crippen LogP contribution is 2.42. The van der Waals surface area contributed by atoms with E-state index in [1.54, 1.807) is 27.7 Å². The third-order valence-electron chi connectivity index (χ3n) is 13.1. The highest BCUT2D eigenvalue weighted by Gasteiger charge is 2.53. The first-order valence-corrected chi connectivity index (χ1v) is 21.5. The summed E-state index contributed by atoms with van der Waals surface area (Å²) in [7, 11) is 0. The van der Waals surface area contributed by atoms with Gasteiger partial charge >= 0.3 is 5.97 Å². The van der Waals surface area contributed by atoms with Gasteiger partial charge in [-0.25, -0.2) is 0 Å². The van der Waals surface area contributed by atoms with E-state index in [0.29, 0.717) is 12.8 Å². The second-order valence-corrected chi connectivity index (χ2v) is 19.1. The van der Waals surface area contributed by atoms with Gasteiger partial charge in [0.15, 0.2) is 12.6 Å². The molecule has 6 N–H and O–H groups in total. The van der Waals surface area contributed by atoms with Gasteiger partial charge in [-0.1, -0.05) is 71.9 Å². The Hall–Kier alpha value is -2.53. The van der Waals surface area contributed by atoms with E-state index in [2.05, 4.69) is 5.32 Å². The first-order valence-electron chi connectivity index (χ1n) is 21.5. The van der Waals surface area contributed by atoms with Crippen LogP contribution in [0, 0.1) is 35.0 Å². The minimum Gasteiger partial charge on any atom is -0.459 e. The van der Waals surface area contributed by atoms with Crippen molar-refractivity contribution in [1.29, 1.82) is 0 Å². The molecule has 1 aromatic carbocycles. The summed E-state index contributed by atoms with van der Waals surface area (Å²) in [5.74, 6) is -5.74. The molecule has 14 heteroatoms. The third kappa shape index (κ3) is 12.1. The number of hydrogen-bond donors (Lipinski definition) is 6. The quantitative estimate of drug-likeness (QED) is 0.185. The van der Waals surface area contributed by atoms with E-state index in [1.807, 2.05) is 58.0 Å². The molecule has 7 unspecified atom stereocenters. The van der Waals surface area contributed by atoms with Gasteiger partial charge in [0.2, 0.25) is 5.91 Å². The van der Waals surface area contributed by atoms with Gasteiger partial charge in [-0.15, -0.1) is 0 Å². The standard InChI is InChI=1S/C45H73NO13/c1-24-21-26(3)55-42(36(24)49)59-40-28(5)37(58-34-23-43(8,9)39(51)30(7)56-34)29(6)41(52)57-32(19-20-46-33(47)18-17-31-15-13-12-14-16-31)45(11,54)38(50)27(4)35(48)25(2)22-44(40,10)53/h12-16,24-30,32,34,36-40,42,49-51,53-54H,17-23H2,1-11H3,(H,46,47)/t24?,25-,26?,27+,28+,29-,30?,32-,34?,36?,37+,38-,39?,40-,42?,44-,45-/m1/s1. The molecule has 3 aliphatic rings. The average molecular weight is 836 g/mol. The van der Waals surface area contributed by atoms with Crippen LogP contribution >= 0.6 is 0 Å².